The summed E-state index contributed by atoms with van der Waals surface area (Å²) in [6.07, 6.45) is 4.87. The van der Waals surface area contributed by atoms with Crippen LogP contribution < -0.4 is 10.5 Å². The van der Waals surface area contributed by atoms with Crippen molar-refractivity contribution < 1.29 is 9.84 Å². The second-order valence-electron chi connectivity index (χ2n) is 7.36. The van der Waals surface area contributed by atoms with Gasteiger partial charge in [-0.2, -0.15) is 5.10 Å². The topological polar surface area (TPSA) is 99.1 Å². The van der Waals surface area contributed by atoms with E-state index in [1.165, 1.54) is 17.5 Å². The van der Waals surface area contributed by atoms with E-state index in [2.05, 4.69) is 40.8 Å². The summed E-state index contributed by atoms with van der Waals surface area (Å²) in [6, 6.07) is 13.7. The predicted octanol–water partition coefficient (Wildman–Crippen LogP) is 3.69. The first-order valence-corrected chi connectivity index (χ1v) is 9.78. The van der Waals surface area contributed by atoms with Crippen LogP contribution in [-0.2, 0) is 12.8 Å². The highest BCUT2D eigenvalue weighted by molar-refractivity contribution is 5.98. The Labute approximate surface area is 173 Å². The summed E-state index contributed by atoms with van der Waals surface area (Å²) in [5, 5.41) is 15.7. The molecule has 0 unspecified atom stereocenters. The average Bonchev–Trinajstić information content (AvgIpc) is 3.35. The summed E-state index contributed by atoms with van der Waals surface area (Å²) in [5.74, 6) is 0.789. The van der Waals surface area contributed by atoms with Gasteiger partial charge in [-0.05, 0) is 42.2 Å². The molecule has 0 aliphatic heterocycles. The Balaban J connectivity index is 1.63. The fourth-order valence-corrected chi connectivity index (χ4v) is 4.09. The van der Waals surface area contributed by atoms with Gasteiger partial charge in [-0.25, -0.2) is 14.6 Å². The largest absolute Gasteiger partial charge is 0.504 e. The third-order valence-electron chi connectivity index (χ3n) is 5.48. The monoisotopic (exact) mass is 399 g/mol. The first kappa shape index (κ1) is 18.2. The van der Waals surface area contributed by atoms with E-state index in [1.54, 1.807) is 24.3 Å². The van der Waals surface area contributed by atoms with Crippen LogP contribution in [0.4, 0.5) is 5.82 Å². The number of phenolic OH excluding ortho intramolecular Hbond substituents is 1. The number of anilines is 1. The Morgan fingerprint density at radius 3 is 2.67 bits per heavy atom. The highest BCUT2D eigenvalue weighted by atomic mass is 16.5. The first-order valence-electron chi connectivity index (χ1n) is 9.78. The quantitative estimate of drug-likeness (QED) is 0.497. The maximum atomic E-state index is 10.1. The minimum atomic E-state index is 0.0554. The van der Waals surface area contributed by atoms with E-state index in [4.69, 9.17) is 15.6 Å². The number of aromatic hydroxyl groups is 1. The molecule has 2 aromatic carbocycles. The van der Waals surface area contributed by atoms with Crippen LogP contribution in [0.3, 0.4) is 0 Å². The molecule has 30 heavy (non-hydrogen) atoms. The summed E-state index contributed by atoms with van der Waals surface area (Å²) in [4.78, 5) is 8.68. The molecule has 5 rings (SSSR count). The molecule has 0 bridgehead atoms. The van der Waals surface area contributed by atoms with Gasteiger partial charge in [-0.15, -0.1) is 0 Å². The van der Waals surface area contributed by atoms with Gasteiger partial charge < -0.3 is 15.6 Å². The summed E-state index contributed by atoms with van der Waals surface area (Å²) < 4.78 is 7.53. The van der Waals surface area contributed by atoms with Gasteiger partial charge in [0.1, 0.15) is 24.4 Å². The van der Waals surface area contributed by atoms with Crippen molar-refractivity contribution in [2.24, 2.45) is 0 Å². The smallest absolute Gasteiger partial charge is 0.164 e. The molecule has 0 saturated carbocycles. The highest BCUT2D eigenvalue weighted by Gasteiger charge is 2.27. The van der Waals surface area contributed by atoms with Crippen molar-refractivity contribution in [1.29, 1.82) is 0 Å². The lowest BCUT2D eigenvalue weighted by Gasteiger charge is -2.10. The molecule has 3 N–H and O–H groups in total. The number of nitrogen functional groups attached to an aromatic ring is 1. The van der Waals surface area contributed by atoms with Gasteiger partial charge in [0.15, 0.2) is 17.1 Å². The number of hydrogen-bond donors (Lipinski definition) is 2. The Morgan fingerprint density at radius 2 is 1.93 bits per heavy atom. The molecule has 0 amide bonds. The number of rotatable bonds is 5. The van der Waals surface area contributed by atoms with E-state index in [-0.39, 0.29) is 18.4 Å². The second-order valence-corrected chi connectivity index (χ2v) is 7.36. The van der Waals surface area contributed by atoms with Crippen LogP contribution in [0.5, 0.6) is 11.5 Å². The molecule has 2 heterocycles. The van der Waals surface area contributed by atoms with Crippen LogP contribution in [0, 0.1) is 0 Å². The molecule has 0 fully saturated rings. The number of hydrogen-bond acceptors (Lipinski definition) is 6. The van der Waals surface area contributed by atoms with Crippen LogP contribution in [0.2, 0.25) is 0 Å². The average molecular weight is 399 g/mol. The second kappa shape index (κ2) is 7.18. The van der Waals surface area contributed by atoms with E-state index in [0.717, 1.165) is 18.4 Å². The van der Waals surface area contributed by atoms with E-state index in [0.29, 0.717) is 28.3 Å². The molecule has 4 aromatic rings. The van der Waals surface area contributed by atoms with E-state index in [9.17, 15) is 5.11 Å². The van der Waals surface area contributed by atoms with Crippen LogP contribution in [-0.4, -0.2) is 31.5 Å². The number of benzene rings is 2. The SMILES string of the molecule is C=CCOc1cc(-c2nn(C3Cc4ccccc4C3)c3ncnc(N)c23)ccc1O. The zero-order chi connectivity index (χ0) is 20.7. The zero-order valence-electron chi connectivity index (χ0n) is 16.3. The molecule has 7 nitrogen and oxygen atoms in total. The van der Waals surface area contributed by atoms with Crippen molar-refractivity contribution >= 4 is 16.9 Å². The van der Waals surface area contributed by atoms with Crippen LogP contribution in [0.25, 0.3) is 22.3 Å². The number of phenols is 1. The maximum absolute atomic E-state index is 10.1. The fraction of sp³-hybridized carbons (Fsp3) is 0.174. The van der Waals surface area contributed by atoms with Gasteiger partial charge in [-0.3, -0.25) is 0 Å². The summed E-state index contributed by atoms with van der Waals surface area (Å²) in [7, 11) is 0. The standard InChI is InChI=1S/C23H21N5O2/c1-2-9-30-19-12-16(7-8-18(19)29)21-20-22(24)25-13-26-23(20)28(27-21)17-10-14-5-3-4-6-15(14)11-17/h2-8,12-13,17,29H,1,9-11H2,(H2,24,25,26). The molecule has 0 radical (unpaired) electrons. The fourth-order valence-electron chi connectivity index (χ4n) is 4.09. The van der Waals surface area contributed by atoms with Crippen molar-refractivity contribution in [1.82, 2.24) is 19.7 Å². The molecular weight excluding hydrogens is 378 g/mol. The minimum Gasteiger partial charge on any atom is -0.504 e. The lowest BCUT2D eigenvalue weighted by atomic mass is 10.1. The van der Waals surface area contributed by atoms with E-state index >= 15 is 0 Å². The lowest BCUT2D eigenvalue weighted by Crippen LogP contribution is -2.11. The molecule has 7 heteroatoms. The van der Waals surface area contributed by atoms with Crippen LogP contribution >= 0.6 is 0 Å². The molecule has 0 saturated heterocycles. The molecule has 0 atom stereocenters. The number of nitrogens with zero attached hydrogens (tertiary/aromatic N) is 4. The van der Waals surface area contributed by atoms with Gasteiger partial charge in [-0.1, -0.05) is 36.9 Å². The molecular formula is C23H21N5O2. The molecule has 0 spiro atoms. The summed E-state index contributed by atoms with van der Waals surface area (Å²) in [6.45, 7) is 3.94. The minimum absolute atomic E-state index is 0.0554. The van der Waals surface area contributed by atoms with Gasteiger partial charge in [0.2, 0.25) is 0 Å². The molecule has 2 aromatic heterocycles. The number of nitrogens with two attached hydrogens (primary N) is 1. The third-order valence-corrected chi connectivity index (χ3v) is 5.48. The Kier molecular flexibility index (Phi) is 4.35. The van der Waals surface area contributed by atoms with E-state index < -0.39 is 0 Å². The van der Waals surface area contributed by atoms with Crippen molar-refractivity contribution in [2.45, 2.75) is 18.9 Å². The first-order chi connectivity index (χ1) is 14.7. The summed E-state index contributed by atoms with van der Waals surface area (Å²) in [5.41, 5.74) is 11.1. The molecule has 1 aliphatic rings. The Morgan fingerprint density at radius 1 is 1.17 bits per heavy atom. The highest BCUT2D eigenvalue weighted by Crippen LogP contribution is 2.38. The number of ether oxygens (including phenoxy) is 1. The van der Waals surface area contributed by atoms with Crippen molar-refractivity contribution in [2.75, 3.05) is 12.3 Å². The maximum Gasteiger partial charge on any atom is 0.164 e. The Hall–Kier alpha value is -3.87. The number of fused-ring (bicyclic) bond motifs is 2. The van der Waals surface area contributed by atoms with Crippen molar-refractivity contribution in [3.63, 3.8) is 0 Å². The molecule has 1 aliphatic carbocycles. The van der Waals surface area contributed by atoms with Crippen LogP contribution in [0.1, 0.15) is 17.2 Å². The van der Waals surface area contributed by atoms with Crippen molar-refractivity contribution in [3.8, 4) is 22.8 Å². The summed E-state index contributed by atoms with van der Waals surface area (Å²) >= 11 is 0. The third kappa shape index (κ3) is 2.95. The normalized spacial score (nSPS) is 13.5. The zero-order valence-corrected chi connectivity index (χ0v) is 16.3. The van der Waals surface area contributed by atoms with Gasteiger partial charge in [0.25, 0.3) is 0 Å². The number of aromatic nitrogens is 4. The van der Waals surface area contributed by atoms with Gasteiger partial charge >= 0.3 is 0 Å². The van der Waals surface area contributed by atoms with Gasteiger partial charge in [0.05, 0.1) is 11.4 Å². The van der Waals surface area contributed by atoms with Gasteiger partial charge in [0, 0.05) is 5.56 Å². The Bertz CT molecular complexity index is 1240. The van der Waals surface area contributed by atoms with E-state index in [1.807, 2.05) is 4.68 Å². The lowest BCUT2D eigenvalue weighted by molar-refractivity contribution is 0.336. The van der Waals surface area contributed by atoms with Crippen LogP contribution in [0.15, 0.2) is 61.4 Å². The predicted molar refractivity (Wildman–Crippen MR) is 115 cm³/mol. The molecule has 150 valence electrons. The van der Waals surface area contributed by atoms with Crippen molar-refractivity contribution in [3.05, 3.63) is 72.6 Å².